The van der Waals surface area contributed by atoms with Crippen LogP contribution in [0.2, 0.25) is 0 Å². The molecule has 0 radical (unpaired) electrons. The Morgan fingerprint density at radius 2 is 1.91 bits per heavy atom. The predicted octanol–water partition coefficient (Wildman–Crippen LogP) is 0.367. The zero-order chi connectivity index (χ0) is 17.6. The zero-order valence-electron chi connectivity index (χ0n) is 14.0. The Bertz CT molecular complexity index is 661. The van der Waals surface area contributed by atoms with Gasteiger partial charge in [-0.25, -0.2) is 8.42 Å². The molecule has 0 aromatic heterocycles. The molecule has 9 heteroatoms. The van der Waals surface area contributed by atoms with Gasteiger partial charge in [0.05, 0.1) is 26.2 Å². The van der Waals surface area contributed by atoms with Crippen LogP contribution in [0.25, 0.3) is 0 Å². The fourth-order valence-electron chi connectivity index (χ4n) is 1.96. The van der Waals surface area contributed by atoms with Gasteiger partial charge in [-0.2, -0.15) is 0 Å². The van der Waals surface area contributed by atoms with E-state index in [4.69, 9.17) is 9.47 Å². The molecule has 0 saturated carbocycles. The van der Waals surface area contributed by atoms with Crippen molar-refractivity contribution in [2.24, 2.45) is 0 Å². The second-order valence-corrected chi connectivity index (χ2v) is 6.71. The van der Waals surface area contributed by atoms with Crippen LogP contribution in [0.15, 0.2) is 12.1 Å². The highest BCUT2D eigenvalue weighted by Gasteiger charge is 2.20. The quantitative estimate of drug-likeness (QED) is 0.706. The molecule has 0 unspecified atom stereocenters. The number of sulfonamides is 1. The number of benzene rings is 1. The van der Waals surface area contributed by atoms with Crippen molar-refractivity contribution in [3.8, 4) is 11.5 Å². The van der Waals surface area contributed by atoms with Crippen molar-refractivity contribution < 1.29 is 22.7 Å². The van der Waals surface area contributed by atoms with E-state index < -0.39 is 10.0 Å². The largest absolute Gasteiger partial charge is 0.493 e. The summed E-state index contributed by atoms with van der Waals surface area (Å²) in [6.45, 7) is 1.16. The molecule has 1 rings (SSSR count). The minimum atomic E-state index is -3.53. The lowest BCUT2D eigenvalue weighted by molar-refractivity contribution is 0.0796. The number of methoxy groups -OCH3 is 2. The van der Waals surface area contributed by atoms with Crippen molar-refractivity contribution >= 4 is 21.6 Å². The van der Waals surface area contributed by atoms with Crippen LogP contribution in [-0.4, -0.2) is 66.9 Å². The molecular weight excluding hydrogens is 322 g/mol. The smallest absolute Gasteiger partial charge is 0.253 e. The maximum Gasteiger partial charge on any atom is 0.253 e. The monoisotopic (exact) mass is 345 g/mol. The summed E-state index contributed by atoms with van der Waals surface area (Å²) in [5.41, 5.74) is 0.451. The average Bonchev–Trinajstić information content (AvgIpc) is 2.49. The minimum Gasteiger partial charge on any atom is -0.493 e. The van der Waals surface area contributed by atoms with Crippen LogP contribution in [0.1, 0.15) is 10.4 Å². The topological polar surface area (TPSA) is 97.0 Å². The number of amides is 1. The molecule has 1 aromatic rings. The van der Waals surface area contributed by atoms with E-state index >= 15 is 0 Å². The van der Waals surface area contributed by atoms with Crippen molar-refractivity contribution in [1.29, 1.82) is 0 Å². The predicted molar refractivity (Wildman–Crippen MR) is 88.9 cm³/mol. The lowest BCUT2D eigenvalue weighted by atomic mass is 10.1. The molecule has 0 aliphatic carbocycles. The molecule has 0 fully saturated rings. The molecule has 0 atom stereocenters. The first-order chi connectivity index (χ1) is 10.7. The molecule has 0 spiro atoms. The van der Waals surface area contributed by atoms with Gasteiger partial charge in [-0.15, -0.1) is 0 Å². The third-order valence-electron chi connectivity index (χ3n) is 3.07. The number of likely N-dealkylation sites (N-methyl/N-ethyl adjacent to an activating group) is 2. The van der Waals surface area contributed by atoms with E-state index in [1.54, 1.807) is 14.1 Å². The van der Waals surface area contributed by atoms with Gasteiger partial charge >= 0.3 is 0 Å². The van der Waals surface area contributed by atoms with Gasteiger partial charge in [-0.05, 0) is 19.2 Å². The van der Waals surface area contributed by atoms with E-state index in [9.17, 15) is 13.2 Å². The number of carbonyl (C=O) groups excluding carboxylic acids is 1. The summed E-state index contributed by atoms with van der Waals surface area (Å²) >= 11 is 0. The van der Waals surface area contributed by atoms with Crippen LogP contribution in [0, 0.1) is 0 Å². The lowest BCUT2D eigenvalue weighted by Crippen LogP contribution is -2.32. The minimum absolute atomic E-state index is 0.153. The highest BCUT2D eigenvalue weighted by molar-refractivity contribution is 7.92. The molecule has 1 aromatic carbocycles. The Kier molecular flexibility index (Phi) is 6.64. The first kappa shape index (κ1) is 19.0. The Morgan fingerprint density at radius 1 is 1.26 bits per heavy atom. The standard InChI is InChI=1S/C14H23N3O5S/c1-15-6-7-17(2)14(18)10-8-11(16-23(5,19)20)13(22-4)12(9-10)21-3/h8-9,15-16H,6-7H2,1-5H3. The van der Waals surface area contributed by atoms with Crippen molar-refractivity contribution in [3.63, 3.8) is 0 Å². The van der Waals surface area contributed by atoms with Gasteiger partial charge < -0.3 is 19.7 Å². The molecule has 130 valence electrons. The van der Waals surface area contributed by atoms with Crippen LogP contribution in [0.5, 0.6) is 11.5 Å². The van der Waals surface area contributed by atoms with Crippen LogP contribution in [-0.2, 0) is 10.0 Å². The SMILES string of the molecule is CNCCN(C)C(=O)c1cc(NS(C)(=O)=O)c(OC)c(OC)c1. The summed E-state index contributed by atoms with van der Waals surface area (Å²) in [6.07, 6.45) is 1.02. The summed E-state index contributed by atoms with van der Waals surface area (Å²) in [7, 11) is 2.74. The molecule has 0 bridgehead atoms. The maximum atomic E-state index is 12.5. The number of carbonyl (C=O) groups is 1. The molecular formula is C14H23N3O5S. The Hall–Kier alpha value is -2.00. The second kappa shape index (κ2) is 8.02. The van der Waals surface area contributed by atoms with E-state index in [0.29, 0.717) is 18.7 Å². The Labute approximate surface area is 136 Å². The average molecular weight is 345 g/mol. The molecule has 0 aliphatic rings. The van der Waals surface area contributed by atoms with Crippen LogP contribution in [0.4, 0.5) is 5.69 Å². The fourth-order valence-corrected chi connectivity index (χ4v) is 2.52. The maximum absolute atomic E-state index is 12.5. The van der Waals surface area contributed by atoms with Crippen LogP contribution >= 0.6 is 0 Å². The number of hydrogen-bond donors (Lipinski definition) is 2. The fraction of sp³-hybridized carbons (Fsp3) is 0.500. The molecule has 8 nitrogen and oxygen atoms in total. The summed E-state index contributed by atoms with van der Waals surface area (Å²) in [4.78, 5) is 14.0. The van der Waals surface area contributed by atoms with Crippen LogP contribution in [0.3, 0.4) is 0 Å². The Balaban J connectivity index is 3.28. The van der Waals surface area contributed by atoms with Gasteiger partial charge in [0.25, 0.3) is 5.91 Å². The van der Waals surface area contributed by atoms with Gasteiger partial charge in [0, 0.05) is 25.7 Å². The molecule has 0 heterocycles. The number of nitrogens with zero attached hydrogens (tertiary/aromatic N) is 1. The number of nitrogens with one attached hydrogen (secondary N) is 2. The highest BCUT2D eigenvalue weighted by Crippen LogP contribution is 2.37. The summed E-state index contributed by atoms with van der Waals surface area (Å²) in [5, 5.41) is 2.96. The van der Waals surface area contributed by atoms with Gasteiger partial charge in [-0.3, -0.25) is 9.52 Å². The molecule has 0 aliphatic heterocycles. The van der Waals surface area contributed by atoms with Gasteiger partial charge in [0.2, 0.25) is 10.0 Å². The number of hydrogen-bond acceptors (Lipinski definition) is 6. The lowest BCUT2D eigenvalue weighted by Gasteiger charge is -2.19. The zero-order valence-corrected chi connectivity index (χ0v) is 14.8. The molecule has 0 saturated heterocycles. The number of anilines is 1. The second-order valence-electron chi connectivity index (χ2n) is 4.96. The molecule has 1 amide bonds. The van der Waals surface area contributed by atoms with E-state index in [2.05, 4.69) is 10.0 Å². The molecule has 2 N–H and O–H groups in total. The van der Waals surface area contributed by atoms with Crippen molar-refractivity contribution in [2.75, 3.05) is 52.4 Å². The molecule has 23 heavy (non-hydrogen) atoms. The number of ether oxygens (including phenoxy) is 2. The first-order valence-corrected chi connectivity index (χ1v) is 8.76. The Morgan fingerprint density at radius 3 is 2.39 bits per heavy atom. The van der Waals surface area contributed by atoms with Crippen LogP contribution < -0.4 is 19.5 Å². The third kappa shape index (κ3) is 5.29. The summed E-state index contributed by atoms with van der Waals surface area (Å²) < 4.78 is 35.8. The summed E-state index contributed by atoms with van der Waals surface area (Å²) in [5.74, 6) is 0.233. The first-order valence-electron chi connectivity index (χ1n) is 6.87. The van der Waals surface area contributed by atoms with Crippen molar-refractivity contribution in [2.45, 2.75) is 0 Å². The number of rotatable bonds is 8. The van der Waals surface area contributed by atoms with E-state index in [1.165, 1.54) is 31.3 Å². The van der Waals surface area contributed by atoms with E-state index in [1.807, 2.05) is 0 Å². The third-order valence-corrected chi connectivity index (χ3v) is 3.66. The van der Waals surface area contributed by atoms with Crippen molar-refractivity contribution in [3.05, 3.63) is 17.7 Å². The van der Waals surface area contributed by atoms with E-state index in [0.717, 1.165) is 6.26 Å². The van der Waals surface area contributed by atoms with Crippen molar-refractivity contribution in [1.82, 2.24) is 10.2 Å². The van der Waals surface area contributed by atoms with Gasteiger partial charge in [0.15, 0.2) is 11.5 Å². The normalized spacial score (nSPS) is 11.0. The highest BCUT2D eigenvalue weighted by atomic mass is 32.2. The summed E-state index contributed by atoms with van der Waals surface area (Å²) in [6, 6.07) is 2.95. The van der Waals surface area contributed by atoms with Gasteiger partial charge in [0.1, 0.15) is 0 Å². The van der Waals surface area contributed by atoms with E-state index in [-0.39, 0.29) is 23.1 Å². The van der Waals surface area contributed by atoms with Gasteiger partial charge in [-0.1, -0.05) is 0 Å².